The summed E-state index contributed by atoms with van der Waals surface area (Å²) < 4.78 is 18.2. The quantitative estimate of drug-likeness (QED) is 0.317. The van der Waals surface area contributed by atoms with Crippen LogP contribution >= 0.6 is 0 Å². The normalized spacial score (nSPS) is 12.1. The van der Waals surface area contributed by atoms with Gasteiger partial charge in [-0.2, -0.15) is 0 Å². The average molecular weight is 444 g/mol. The molecule has 0 saturated carbocycles. The summed E-state index contributed by atoms with van der Waals surface area (Å²) in [4.78, 5) is 25.9. The Hall–Kier alpha value is -2.60. The minimum Gasteiger partial charge on any atom is -0.465 e. The maximum absolute atomic E-state index is 13.0. The van der Waals surface area contributed by atoms with Crippen molar-refractivity contribution < 1.29 is 23.8 Å². The van der Waals surface area contributed by atoms with Crippen molar-refractivity contribution in [3.05, 3.63) is 47.8 Å². The van der Waals surface area contributed by atoms with E-state index in [9.17, 15) is 9.59 Å². The van der Waals surface area contributed by atoms with Crippen LogP contribution in [0.5, 0.6) is 0 Å². The van der Waals surface area contributed by atoms with Gasteiger partial charge in [-0.3, -0.25) is 9.59 Å². The Morgan fingerprint density at radius 1 is 1.00 bits per heavy atom. The third-order valence-electron chi connectivity index (χ3n) is 5.73. The highest BCUT2D eigenvalue weighted by Crippen LogP contribution is 2.37. The SMILES string of the molecule is CCCCC(c1cc(-c2ccccc2)c(C)n1CCOC)C(C(=O)OCC)C(=O)OCC. The summed E-state index contributed by atoms with van der Waals surface area (Å²) in [5.74, 6) is -2.39. The van der Waals surface area contributed by atoms with E-state index in [1.165, 1.54) is 0 Å². The number of rotatable bonds is 13. The second-order valence-electron chi connectivity index (χ2n) is 7.81. The molecule has 0 saturated heterocycles. The fourth-order valence-corrected chi connectivity index (χ4v) is 4.16. The van der Waals surface area contributed by atoms with Crippen LogP contribution in [0.1, 0.15) is 57.3 Å². The summed E-state index contributed by atoms with van der Waals surface area (Å²) in [6.07, 6.45) is 2.52. The zero-order chi connectivity index (χ0) is 23.5. The van der Waals surface area contributed by atoms with Crippen molar-refractivity contribution in [3.8, 4) is 11.1 Å². The first-order valence-electron chi connectivity index (χ1n) is 11.6. The molecule has 176 valence electrons. The summed E-state index contributed by atoms with van der Waals surface area (Å²) in [7, 11) is 1.67. The van der Waals surface area contributed by atoms with E-state index in [1.54, 1.807) is 21.0 Å². The molecule has 0 amide bonds. The molecule has 0 aliphatic heterocycles. The molecule has 2 rings (SSSR count). The van der Waals surface area contributed by atoms with Crippen molar-refractivity contribution in [1.82, 2.24) is 4.57 Å². The van der Waals surface area contributed by atoms with Crippen molar-refractivity contribution >= 4 is 11.9 Å². The maximum Gasteiger partial charge on any atom is 0.321 e. The number of hydrogen-bond donors (Lipinski definition) is 0. The van der Waals surface area contributed by atoms with Gasteiger partial charge in [0.15, 0.2) is 5.92 Å². The lowest BCUT2D eigenvalue weighted by Crippen LogP contribution is -2.34. The molecule has 0 bridgehead atoms. The van der Waals surface area contributed by atoms with Gasteiger partial charge in [-0.05, 0) is 38.8 Å². The van der Waals surface area contributed by atoms with Crippen molar-refractivity contribution in [2.75, 3.05) is 26.9 Å². The molecule has 1 aromatic heterocycles. The zero-order valence-electron chi connectivity index (χ0n) is 20.1. The third-order valence-corrected chi connectivity index (χ3v) is 5.73. The highest BCUT2D eigenvalue weighted by atomic mass is 16.6. The molecule has 0 aliphatic carbocycles. The summed E-state index contributed by atoms with van der Waals surface area (Å²) >= 11 is 0. The number of methoxy groups -OCH3 is 1. The Bertz CT molecular complexity index is 841. The number of carbonyl (C=O) groups excluding carboxylic acids is 2. The van der Waals surface area contributed by atoms with Crippen molar-refractivity contribution in [1.29, 1.82) is 0 Å². The van der Waals surface area contributed by atoms with Crippen LogP contribution in [0.2, 0.25) is 0 Å². The third kappa shape index (κ3) is 6.22. The number of hydrogen-bond acceptors (Lipinski definition) is 5. The second-order valence-corrected chi connectivity index (χ2v) is 7.81. The fraction of sp³-hybridized carbons (Fsp3) is 0.538. The van der Waals surface area contributed by atoms with Crippen LogP contribution in [0.4, 0.5) is 0 Å². The molecular weight excluding hydrogens is 406 g/mol. The van der Waals surface area contributed by atoms with Gasteiger partial charge in [0.05, 0.1) is 19.8 Å². The van der Waals surface area contributed by atoms with Crippen LogP contribution in [0.3, 0.4) is 0 Å². The van der Waals surface area contributed by atoms with Gasteiger partial charge in [0.1, 0.15) is 0 Å². The van der Waals surface area contributed by atoms with Gasteiger partial charge in [-0.1, -0.05) is 50.1 Å². The molecule has 0 spiro atoms. The molecular formula is C26H37NO5. The summed E-state index contributed by atoms with van der Waals surface area (Å²) in [6.45, 7) is 9.27. The Labute approximate surface area is 191 Å². The Morgan fingerprint density at radius 3 is 2.16 bits per heavy atom. The molecule has 0 N–H and O–H groups in total. The van der Waals surface area contributed by atoms with E-state index < -0.39 is 17.9 Å². The van der Waals surface area contributed by atoms with Gasteiger partial charge >= 0.3 is 11.9 Å². The van der Waals surface area contributed by atoms with E-state index in [2.05, 4.69) is 36.6 Å². The monoisotopic (exact) mass is 443 g/mol. The van der Waals surface area contributed by atoms with Gasteiger partial charge in [0.2, 0.25) is 0 Å². The molecule has 0 aliphatic rings. The van der Waals surface area contributed by atoms with Crippen LogP contribution in [0.25, 0.3) is 11.1 Å². The lowest BCUT2D eigenvalue weighted by Gasteiger charge is -2.26. The van der Waals surface area contributed by atoms with Crippen molar-refractivity contribution in [3.63, 3.8) is 0 Å². The molecule has 6 heteroatoms. The Morgan fingerprint density at radius 2 is 1.62 bits per heavy atom. The van der Waals surface area contributed by atoms with E-state index in [1.807, 2.05) is 18.2 Å². The van der Waals surface area contributed by atoms with Gasteiger partial charge < -0.3 is 18.8 Å². The molecule has 2 aromatic rings. The maximum atomic E-state index is 13.0. The predicted molar refractivity (Wildman–Crippen MR) is 126 cm³/mol. The van der Waals surface area contributed by atoms with Gasteiger partial charge in [-0.25, -0.2) is 0 Å². The van der Waals surface area contributed by atoms with E-state index in [0.717, 1.165) is 35.4 Å². The predicted octanol–water partition coefficient (Wildman–Crippen LogP) is 5.13. The number of ether oxygens (including phenoxy) is 3. The fourth-order valence-electron chi connectivity index (χ4n) is 4.16. The number of aromatic nitrogens is 1. The van der Waals surface area contributed by atoms with E-state index >= 15 is 0 Å². The number of esters is 2. The van der Waals surface area contributed by atoms with Crippen molar-refractivity contribution in [2.45, 2.75) is 59.4 Å². The van der Waals surface area contributed by atoms with E-state index in [-0.39, 0.29) is 19.1 Å². The van der Waals surface area contributed by atoms with Crippen LogP contribution in [-0.2, 0) is 30.3 Å². The number of carbonyl (C=O) groups is 2. The summed E-state index contributed by atoms with van der Waals surface area (Å²) in [6, 6.07) is 12.3. The smallest absolute Gasteiger partial charge is 0.321 e. The molecule has 0 fully saturated rings. The van der Waals surface area contributed by atoms with Crippen molar-refractivity contribution in [2.24, 2.45) is 5.92 Å². The van der Waals surface area contributed by atoms with Crippen LogP contribution < -0.4 is 0 Å². The molecule has 1 unspecified atom stereocenters. The Kier molecular flexibility index (Phi) is 10.5. The summed E-state index contributed by atoms with van der Waals surface area (Å²) in [5.41, 5.74) is 4.21. The molecule has 1 heterocycles. The van der Waals surface area contributed by atoms with Crippen LogP contribution in [0.15, 0.2) is 36.4 Å². The molecule has 1 aromatic carbocycles. The number of unbranched alkanes of at least 4 members (excludes halogenated alkanes) is 1. The summed E-state index contributed by atoms with van der Waals surface area (Å²) in [5, 5.41) is 0. The first kappa shape index (κ1) is 25.7. The Balaban J connectivity index is 2.65. The van der Waals surface area contributed by atoms with E-state index in [4.69, 9.17) is 14.2 Å². The highest BCUT2D eigenvalue weighted by Gasteiger charge is 2.40. The van der Waals surface area contributed by atoms with Gasteiger partial charge in [0.25, 0.3) is 0 Å². The molecule has 0 radical (unpaired) electrons. The second kappa shape index (κ2) is 13.1. The molecule has 1 atom stereocenters. The standard InChI is InChI=1S/C26H37NO5/c1-6-9-15-21(24(25(28)31-7-2)26(29)32-8-3)23-18-22(20-13-11-10-12-14-20)19(4)27(23)16-17-30-5/h10-14,18,21,24H,6-9,15-17H2,1-5H3. The van der Waals surface area contributed by atoms with Gasteiger partial charge in [-0.15, -0.1) is 0 Å². The zero-order valence-corrected chi connectivity index (χ0v) is 20.1. The highest BCUT2D eigenvalue weighted by molar-refractivity contribution is 5.96. The lowest BCUT2D eigenvalue weighted by atomic mass is 9.84. The minimum atomic E-state index is -0.999. The first-order valence-corrected chi connectivity index (χ1v) is 11.6. The van der Waals surface area contributed by atoms with Gasteiger partial charge in [0, 0.05) is 36.5 Å². The topological polar surface area (TPSA) is 66.8 Å². The van der Waals surface area contributed by atoms with E-state index in [0.29, 0.717) is 19.6 Å². The van der Waals surface area contributed by atoms with Crippen LogP contribution in [-0.4, -0.2) is 43.4 Å². The minimum absolute atomic E-state index is 0.216. The molecule has 32 heavy (non-hydrogen) atoms. The lowest BCUT2D eigenvalue weighted by molar-refractivity contribution is -0.163. The average Bonchev–Trinajstić information content (AvgIpc) is 3.11. The number of benzene rings is 1. The van der Waals surface area contributed by atoms with Crippen LogP contribution in [0, 0.1) is 12.8 Å². The first-order chi connectivity index (χ1) is 15.5. The molecule has 6 nitrogen and oxygen atoms in total. The number of nitrogens with zero attached hydrogens (tertiary/aromatic N) is 1. The largest absolute Gasteiger partial charge is 0.465 e.